The third kappa shape index (κ3) is 3.71. The van der Waals surface area contributed by atoms with Crippen LogP contribution in [0.1, 0.15) is 18.4 Å². The maximum absolute atomic E-state index is 11.7. The lowest BCUT2D eigenvalue weighted by molar-refractivity contribution is -0.131. The Labute approximate surface area is 119 Å². The van der Waals surface area contributed by atoms with Gasteiger partial charge in [-0.1, -0.05) is 17.7 Å². The monoisotopic (exact) mass is 278 g/mol. The number of likely N-dealkylation sites (tertiary alicyclic amines) is 1. The number of hydrogen-bond donors (Lipinski definition) is 2. The highest BCUT2D eigenvalue weighted by atomic mass is 16.5. The van der Waals surface area contributed by atoms with Crippen molar-refractivity contribution in [3.63, 3.8) is 0 Å². The van der Waals surface area contributed by atoms with Crippen LogP contribution in [-0.4, -0.2) is 47.8 Å². The normalized spacial score (nSPS) is 22.1. The van der Waals surface area contributed by atoms with Crippen LogP contribution in [0.25, 0.3) is 0 Å². The van der Waals surface area contributed by atoms with Crippen LogP contribution < -0.4 is 10.5 Å². The van der Waals surface area contributed by atoms with E-state index in [1.165, 1.54) is 0 Å². The molecule has 1 atom stereocenters. The van der Waals surface area contributed by atoms with Crippen molar-refractivity contribution < 1.29 is 14.6 Å². The quantitative estimate of drug-likeness (QED) is 0.830. The predicted molar refractivity (Wildman–Crippen MR) is 76.5 cm³/mol. The molecule has 0 saturated carbocycles. The lowest BCUT2D eigenvalue weighted by atomic mass is 10.1. The average Bonchev–Trinajstić information content (AvgIpc) is 2.82. The van der Waals surface area contributed by atoms with Gasteiger partial charge in [0.05, 0.1) is 6.54 Å². The molecule has 110 valence electrons. The first kappa shape index (κ1) is 14.8. The van der Waals surface area contributed by atoms with Gasteiger partial charge >= 0.3 is 0 Å². The Kier molecular flexibility index (Phi) is 4.62. The summed E-state index contributed by atoms with van der Waals surface area (Å²) in [7, 11) is 0. The minimum absolute atomic E-state index is 0.00115. The van der Waals surface area contributed by atoms with Gasteiger partial charge < -0.3 is 20.5 Å². The summed E-state index contributed by atoms with van der Waals surface area (Å²) in [5.41, 5.74) is 5.58. The van der Waals surface area contributed by atoms with Gasteiger partial charge in [0.1, 0.15) is 18.0 Å². The fourth-order valence-electron chi connectivity index (χ4n) is 2.32. The lowest BCUT2D eigenvalue weighted by Gasteiger charge is -2.23. The van der Waals surface area contributed by atoms with E-state index < -0.39 is 5.60 Å². The van der Waals surface area contributed by atoms with Crippen molar-refractivity contribution in [2.24, 2.45) is 5.73 Å². The fraction of sp³-hybridized carbons (Fsp3) is 0.533. The molecule has 1 aromatic rings. The molecule has 1 heterocycles. The number of aryl methyl sites for hydroxylation is 1. The Hall–Kier alpha value is -1.59. The molecular weight excluding hydrogens is 256 g/mol. The number of β-amino-alcohol motifs (C(OH)–C–C–N with tert-alkyl or cyclic N) is 1. The Balaban J connectivity index is 1.86. The van der Waals surface area contributed by atoms with Crippen molar-refractivity contribution in [1.82, 2.24) is 4.90 Å². The summed E-state index contributed by atoms with van der Waals surface area (Å²) in [4.78, 5) is 13.4. The maximum atomic E-state index is 11.7. The molecule has 2 rings (SSSR count). The Bertz CT molecular complexity index is 461. The van der Waals surface area contributed by atoms with E-state index >= 15 is 0 Å². The van der Waals surface area contributed by atoms with Crippen molar-refractivity contribution in [2.45, 2.75) is 25.4 Å². The highest BCUT2D eigenvalue weighted by molar-refractivity contribution is 5.76. The highest BCUT2D eigenvalue weighted by Gasteiger charge is 2.38. The van der Waals surface area contributed by atoms with Gasteiger partial charge in [0, 0.05) is 19.5 Å². The minimum atomic E-state index is -0.963. The molecule has 5 heteroatoms. The third-order valence-corrected chi connectivity index (χ3v) is 3.57. The van der Waals surface area contributed by atoms with Gasteiger partial charge in [0.15, 0.2) is 0 Å². The lowest BCUT2D eigenvalue weighted by Crippen LogP contribution is -2.41. The highest BCUT2D eigenvalue weighted by Crippen LogP contribution is 2.23. The van der Waals surface area contributed by atoms with Crippen molar-refractivity contribution in [2.75, 3.05) is 26.2 Å². The minimum Gasteiger partial charge on any atom is -0.491 e. The number of hydrogen-bond acceptors (Lipinski definition) is 4. The number of rotatable bonds is 5. The van der Waals surface area contributed by atoms with Crippen LogP contribution in [0.4, 0.5) is 0 Å². The standard InChI is InChI=1S/C15H22N2O3/c1-12-2-4-13(5-3-12)20-11-15(19)7-9-17(10-15)14(18)6-8-16/h2-5,19H,6-11,16H2,1H3/t15-/m0/s1. The Morgan fingerprint density at radius 3 is 2.80 bits per heavy atom. The van der Waals surface area contributed by atoms with E-state index in [0.29, 0.717) is 32.5 Å². The summed E-state index contributed by atoms with van der Waals surface area (Å²) in [5, 5.41) is 10.4. The van der Waals surface area contributed by atoms with Crippen LogP contribution in [0, 0.1) is 6.92 Å². The molecule has 0 spiro atoms. The number of ether oxygens (including phenoxy) is 1. The number of benzene rings is 1. The molecule has 1 saturated heterocycles. The molecule has 1 amide bonds. The zero-order valence-corrected chi connectivity index (χ0v) is 11.8. The summed E-state index contributed by atoms with van der Waals surface area (Å²) in [6.45, 7) is 3.43. The van der Waals surface area contributed by atoms with Crippen molar-refractivity contribution in [3.05, 3.63) is 29.8 Å². The molecule has 0 bridgehead atoms. The molecule has 0 radical (unpaired) electrons. The van der Waals surface area contributed by atoms with Crippen molar-refractivity contribution in [3.8, 4) is 5.75 Å². The van der Waals surface area contributed by atoms with Crippen LogP contribution in [0.5, 0.6) is 5.75 Å². The van der Waals surface area contributed by atoms with Gasteiger partial charge in [0.25, 0.3) is 0 Å². The first-order valence-electron chi connectivity index (χ1n) is 6.92. The van der Waals surface area contributed by atoms with E-state index in [1.807, 2.05) is 31.2 Å². The van der Waals surface area contributed by atoms with E-state index in [0.717, 1.165) is 11.3 Å². The van der Waals surface area contributed by atoms with Crippen molar-refractivity contribution >= 4 is 5.91 Å². The second-order valence-corrected chi connectivity index (χ2v) is 5.43. The number of amides is 1. The van der Waals surface area contributed by atoms with Crippen LogP contribution in [-0.2, 0) is 4.79 Å². The first-order chi connectivity index (χ1) is 9.52. The third-order valence-electron chi connectivity index (χ3n) is 3.57. The maximum Gasteiger partial charge on any atom is 0.223 e. The number of aliphatic hydroxyl groups is 1. The smallest absolute Gasteiger partial charge is 0.223 e. The fourth-order valence-corrected chi connectivity index (χ4v) is 2.32. The Morgan fingerprint density at radius 2 is 2.15 bits per heavy atom. The number of carbonyl (C=O) groups excluding carboxylic acids is 1. The molecular formula is C15H22N2O3. The van der Waals surface area contributed by atoms with E-state index in [4.69, 9.17) is 10.5 Å². The van der Waals surface area contributed by atoms with Crippen LogP contribution >= 0.6 is 0 Å². The molecule has 3 N–H and O–H groups in total. The first-order valence-corrected chi connectivity index (χ1v) is 6.92. The van der Waals surface area contributed by atoms with E-state index in [2.05, 4.69) is 0 Å². The van der Waals surface area contributed by atoms with Gasteiger partial charge in [-0.25, -0.2) is 0 Å². The van der Waals surface area contributed by atoms with Crippen LogP contribution in [0.15, 0.2) is 24.3 Å². The second-order valence-electron chi connectivity index (χ2n) is 5.43. The van der Waals surface area contributed by atoms with Gasteiger partial charge in [0.2, 0.25) is 5.91 Å². The summed E-state index contributed by atoms with van der Waals surface area (Å²) < 4.78 is 5.62. The van der Waals surface area contributed by atoms with Crippen LogP contribution in [0.3, 0.4) is 0 Å². The van der Waals surface area contributed by atoms with Gasteiger partial charge in [-0.15, -0.1) is 0 Å². The summed E-state index contributed by atoms with van der Waals surface area (Å²) in [5.74, 6) is 0.731. The largest absolute Gasteiger partial charge is 0.491 e. The predicted octanol–water partition coefficient (Wildman–Crippen LogP) is 0.686. The zero-order chi connectivity index (χ0) is 14.6. The zero-order valence-electron chi connectivity index (χ0n) is 11.8. The molecule has 1 aliphatic heterocycles. The van der Waals surface area contributed by atoms with Gasteiger partial charge in [-0.3, -0.25) is 4.79 Å². The topological polar surface area (TPSA) is 75.8 Å². The summed E-state index contributed by atoms with van der Waals surface area (Å²) in [6.07, 6.45) is 0.865. The van der Waals surface area contributed by atoms with Crippen LogP contribution in [0.2, 0.25) is 0 Å². The SMILES string of the molecule is Cc1ccc(OC[C@]2(O)CCN(C(=O)CCN)C2)cc1. The molecule has 0 aromatic heterocycles. The Morgan fingerprint density at radius 1 is 1.45 bits per heavy atom. The average molecular weight is 278 g/mol. The van der Waals surface area contributed by atoms with Gasteiger partial charge in [-0.05, 0) is 25.5 Å². The molecule has 1 fully saturated rings. The molecule has 1 aromatic carbocycles. The molecule has 0 unspecified atom stereocenters. The molecule has 1 aliphatic rings. The van der Waals surface area contributed by atoms with E-state index in [-0.39, 0.29) is 12.5 Å². The molecule has 5 nitrogen and oxygen atoms in total. The van der Waals surface area contributed by atoms with E-state index in [1.54, 1.807) is 4.90 Å². The molecule has 20 heavy (non-hydrogen) atoms. The number of nitrogens with two attached hydrogens (primary N) is 1. The van der Waals surface area contributed by atoms with Gasteiger partial charge in [-0.2, -0.15) is 0 Å². The second kappa shape index (κ2) is 6.24. The summed E-state index contributed by atoms with van der Waals surface area (Å²) >= 11 is 0. The summed E-state index contributed by atoms with van der Waals surface area (Å²) in [6, 6.07) is 7.69. The number of carbonyl (C=O) groups is 1. The van der Waals surface area contributed by atoms with Crippen molar-refractivity contribution in [1.29, 1.82) is 0 Å². The number of nitrogens with zero attached hydrogens (tertiary/aromatic N) is 1. The van der Waals surface area contributed by atoms with E-state index in [9.17, 15) is 9.90 Å². The molecule has 0 aliphatic carbocycles.